The zero-order chi connectivity index (χ0) is 13.3. The Morgan fingerprint density at radius 2 is 1.88 bits per heavy atom. The molecule has 7 heteroatoms. The van der Waals surface area contributed by atoms with Gasteiger partial charge in [-0.3, -0.25) is 4.79 Å². The van der Waals surface area contributed by atoms with E-state index in [2.05, 4.69) is 4.74 Å². The summed E-state index contributed by atoms with van der Waals surface area (Å²) in [5.41, 5.74) is 6.45. The van der Waals surface area contributed by atoms with Gasteiger partial charge in [-0.15, -0.1) is 0 Å². The van der Waals surface area contributed by atoms with Gasteiger partial charge in [-0.2, -0.15) is 0 Å². The van der Waals surface area contributed by atoms with Crippen molar-refractivity contribution in [2.75, 3.05) is 7.11 Å². The van der Waals surface area contributed by atoms with Crippen molar-refractivity contribution in [2.45, 2.75) is 12.5 Å². The van der Waals surface area contributed by atoms with E-state index >= 15 is 0 Å². The molecule has 1 atom stereocenters. The van der Waals surface area contributed by atoms with Crippen molar-refractivity contribution < 1.29 is 24.7 Å². The van der Waals surface area contributed by atoms with Crippen LogP contribution >= 0.6 is 0 Å². The fraction of sp³-hybridized carbons (Fsp3) is 0.300. The number of carbonyl (C=O) groups is 1. The van der Waals surface area contributed by atoms with Gasteiger partial charge in [-0.25, -0.2) is 0 Å². The van der Waals surface area contributed by atoms with Gasteiger partial charge >= 0.3 is 13.7 Å². The molecule has 5 N–H and O–H groups in total. The molecule has 1 rings (SSSR count). The maximum absolute atomic E-state index is 11.0. The Bertz CT molecular complexity index is 330. The minimum Gasteiger partial charge on any atom is -0.508 e. The minimum absolute atomic E-state index is 0. The Hall–Kier alpha value is -1.57. The van der Waals surface area contributed by atoms with Crippen molar-refractivity contribution in [3.05, 3.63) is 29.8 Å². The lowest BCUT2D eigenvalue weighted by Crippen LogP contribution is -2.33. The quantitative estimate of drug-likeness (QED) is 0.395. The molecule has 17 heavy (non-hydrogen) atoms. The van der Waals surface area contributed by atoms with Crippen LogP contribution in [0.3, 0.4) is 0 Å². The summed E-state index contributed by atoms with van der Waals surface area (Å²) >= 11 is 0. The number of carbonyl (C=O) groups excluding carboxylic acids is 1. The largest absolute Gasteiger partial charge is 0.508 e. The standard InChI is InChI=1S/C10H13NO3.BH2O2/c1-14-10(13)9(11)6-7-2-4-8(12)5-3-7;2-1-3/h2-5,9,12H,6,11H2,1H3;2-3H. The highest BCUT2D eigenvalue weighted by molar-refractivity contribution is 6.13. The monoisotopic (exact) mass is 240 g/mol. The van der Waals surface area contributed by atoms with Crippen LogP contribution in [0.1, 0.15) is 5.56 Å². The Balaban J connectivity index is 0.000000770. The number of methoxy groups -OCH3 is 1. The third-order valence-corrected chi connectivity index (χ3v) is 1.90. The van der Waals surface area contributed by atoms with Gasteiger partial charge in [-0.1, -0.05) is 12.1 Å². The van der Waals surface area contributed by atoms with E-state index in [0.29, 0.717) is 6.42 Å². The van der Waals surface area contributed by atoms with Crippen LogP contribution in [0.2, 0.25) is 0 Å². The van der Waals surface area contributed by atoms with Crippen molar-refractivity contribution in [1.29, 1.82) is 0 Å². The second kappa shape index (κ2) is 8.57. The van der Waals surface area contributed by atoms with Gasteiger partial charge in [0.25, 0.3) is 0 Å². The van der Waals surface area contributed by atoms with E-state index in [1.54, 1.807) is 24.3 Å². The lowest BCUT2D eigenvalue weighted by atomic mass is 10.1. The first-order valence-corrected chi connectivity index (χ1v) is 4.76. The lowest BCUT2D eigenvalue weighted by molar-refractivity contribution is -0.142. The first-order chi connectivity index (χ1) is 8.04. The average molecular weight is 240 g/mol. The zero-order valence-electron chi connectivity index (χ0n) is 9.41. The molecule has 0 aliphatic heterocycles. The van der Waals surface area contributed by atoms with Crippen molar-refractivity contribution in [3.63, 3.8) is 0 Å². The van der Waals surface area contributed by atoms with Gasteiger partial charge < -0.3 is 25.6 Å². The van der Waals surface area contributed by atoms with Crippen LogP contribution in [0, 0.1) is 0 Å². The number of hydrogen-bond acceptors (Lipinski definition) is 6. The van der Waals surface area contributed by atoms with E-state index in [4.69, 9.17) is 20.9 Å². The number of ether oxygens (including phenoxy) is 1. The van der Waals surface area contributed by atoms with E-state index in [9.17, 15) is 4.79 Å². The molecule has 1 unspecified atom stereocenters. The normalized spacial score (nSPS) is 10.8. The highest BCUT2D eigenvalue weighted by Gasteiger charge is 2.13. The topological polar surface area (TPSA) is 113 Å². The molecule has 0 saturated heterocycles. The molecule has 1 aromatic carbocycles. The van der Waals surface area contributed by atoms with Crippen molar-refractivity contribution in [2.24, 2.45) is 5.73 Å². The maximum Gasteiger partial charge on any atom is 0.482 e. The average Bonchev–Trinajstić information content (AvgIpc) is 2.32. The molecule has 0 aliphatic carbocycles. The Kier molecular flexibility index (Phi) is 7.78. The molecule has 93 valence electrons. The van der Waals surface area contributed by atoms with Gasteiger partial charge in [0.1, 0.15) is 11.8 Å². The van der Waals surface area contributed by atoms with Crippen LogP contribution in [-0.4, -0.2) is 42.0 Å². The zero-order valence-corrected chi connectivity index (χ0v) is 9.41. The van der Waals surface area contributed by atoms with Crippen LogP contribution in [0.5, 0.6) is 5.75 Å². The number of rotatable bonds is 3. The molecule has 0 saturated carbocycles. The molecule has 1 radical (unpaired) electrons. The second-order valence-corrected chi connectivity index (χ2v) is 3.12. The van der Waals surface area contributed by atoms with E-state index in [0.717, 1.165) is 5.56 Å². The fourth-order valence-corrected chi connectivity index (χ4v) is 1.12. The number of nitrogens with two attached hydrogens (primary N) is 1. The van der Waals surface area contributed by atoms with Crippen molar-refractivity contribution >= 4 is 13.7 Å². The summed E-state index contributed by atoms with van der Waals surface area (Å²) in [6.45, 7) is 0. The minimum atomic E-state index is -0.649. The fourth-order valence-electron chi connectivity index (χ4n) is 1.12. The molecule has 0 aliphatic rings. The molecule has 0 heterocycles. The highest BCUT2D eigenvalue weighted by atomic mass is 16.5. The van der Waals surface area contributed by atoms with E-state index in [1.165, 1.54) is 7.11 Å². The van der Waals surface area contributed by atoms with Crippen LogP contribution in [-0.2, 0) is 16.0 Å². The second-order valence-electron chi connectivity index (χ2n) is 3.12. The van der Waals surface area contributed by atoms with E-state index in [1.807, 2.05) is 0 Å². The van der Waals surface area contributed by atoms with Gasteiger partial charge in [-0.05, 0) is 24.1 Å². The third-order valence-electron chi connectivity index (χ3n) is 1.90. The smallest absolute Gasteiger partial charge is 0.482 e. The first-order valence-electron chi connectivity index (χ1n) is 4.76. The molecule has 0 bridgehead atoms. The van der Waals surface area contributed by atoms with E-state index in [-0.39, 0.29) is 13.4 Å². The number of phenolic OH excluding ortho intramolecular Hbond substituents is 1. The summed E-state index contributed by atoms with van der Waals surface area (Å²) in [5, 5.41) is 23.0. The summed E-state index contributed by atoms with van der Waals surface area (Å²) in [6, 6.07) is 5.90. The predicted molar refractivity (Wildman–Crippen MR) is 62.0 cm³/mol. The van der Waals surface area contributed by atoms with Gasteiger partial charge in [0, 0.05) is 0 Å². The number of phenols is 1. The number of aromatic hydroxyl groups is 1. The molecular formula is C10H15BNO5. The predicted octanol–water partition coefficient (Wildman–Crippen LogP) is -1.06. The molecule has 0 amide bonds. The lowest BCUT2D eigenvalue weighted by Gasteiger charge is -2.08. The molecule has 1 aromatic rings. The van der Waals surface area contributed by atoms with Gasteiger partial charge in [0.05, 0.1) is 7.11 Å². The van der Waals surface area contributed by atoms with Gasteiger partial charge in [0.15, 0.2) is 0 Å². The molecule has 6 nitrogen and oxygen atoms in total. The highest BCUT2D eigenvalue weighted by Crippen LogP contribution is 2.10. The van der Waals surface area contributed by atoms with Crippen molar-refractivity contribution in [1.82, 2.24) is 0 Å². The number of esters is 1. The summed E-state index contributed by atoms with van der Waals surface area (Å²) < 4.78 is 4.49. The first kappa shape index (κ1) is 15.4. The summed E-state index contributed by atoms with van der Waals surface area (Å²) in [7, 11) is 1.30. The van der Waals surface area contributed by atoms with Crippen LogP contribution in [0.25, 0.3) is 0 Å². The molecular weight excluding hydrogens is 225 g/mol. The Morgan fingerprint density at radius 3 is 2.29 bits per heavy atom. The summed E-state index contributed by atoms with van der Waals surface area (Å²) in [6.07, 6.45) is 0.410. The third kappa shape index (κ3) is 6.57. The van der Waals surface area contributed by atoms with Crippen LogP contribution < -0.4 is 5.73 Å². The van der Waals surface area contributed by atoms with Crippen LogP contribution in [0.15, 0.2) is 24.3 Å². The number of hydrogen-bond donors (Lipinski definition) is 4. The van der Waals surface area contributed by atoms with Crippen molar-refractivity contribution in [3.8, 4) is 5.75 Å². The summed E-state index contributed by atoms with van der Waals surface area (Å²) in [5.74, 6) is -0.238. The summed E-state index contributed by atoms with van der Waals surface area (Å²) in [4.78, 5) is 11.0. The molecule has 0 fully saturated rings. The maximum atomic E-state index is 11.0. The Morgan fingerprint density at radius 1 is 1.41 bits per heavy atom. The van der Waals surface area contributed by atoms with Gasteiger partial charge in [0.2, 0.25) is 0 Å². The number of benzene rings is 1. The van der Waals surface area contributed by atoms with Crippen LogP contribution in [0.4, 0.5) is 0 Å². The molecule has 0 spiro atoms. The SMILES string of the molecule is COC(=O)C(N)Cc1ccc(O)cc1.O[B]O. The van der Waals surface area contributed by atoms with E-state index < -0.39 is 12.0 Å². The molecule has 0 aromatic heterocycles. The Labute approximate surface area is 100.0 Å².